The normalized spacial score (nSPS) is 14.4. The number of alkyl halides is 3. The monoisotopic (exact) mass is 355 g/mol. The van der Waals surface area contributed by atoms with Crippen LogP contribution in [0.25, 0.3) is 11.4 Å². The van der Waals surface area contributed by atoms with E-state index in [0.29, 0.717) is 0 Å². The number of carboxylic acids is 1. The van der Waals surface area contributed by atoms with Crippen LogP contribution in [0.15, 0.2) is 28.8 Å². The van der Waals surface area contributed by atoms with Crippen molar-refractivity contribution in [3.8, 4) is 11.4 Å². The summed E-state index contributed by atoms with van der Waals surface area (Å²) in [7, 11) is 0. The van der Waals surface area contributed by atoms with Gasteiger partial charge in [-0.25, -0.2) is 0 Å². The van der Waals surface area contributed by atoms with Crippen molar-refractivity contribution in [1.29, 1.82) is 0 Å². The van der Waals surface area contributed by atoms with Crippen LogP contribution < -0.4 is 0 Å². The molecular formula is C15H12F3N3O4. The Bertz CT molecular complexity index is 797. The molecule has 1 fully saturated rings. The summed E-state index contributed by atoms with van der Waals surface area (Å²) < 4.78 is 41.6. The van der Waals surface area contributed by atoms with Gasteiger partial charge in [-0.1, -0.05) is 17.3 Å². The second kappa shape index (κ2) is 6.19. The molecule has 1 amide bonds. The molecule has 1 aliphatic carbocycles. The molecule has 3 rings (SSSR count). The quantitative estimate of drug-likeness (QED) is 0.885. The van der Waals surface area contributed by atoms with Gasteiger partial charge < -0.3 is 14.5 Å². The highest BCUT2D eigenvalue weighted by molar-refractivity contribution is 5.96. The Balaban J connectivity index is 1.78. The van der Waals surface area contributed by atoms with Crippen molar-refractivity contribution < 1.29 is 32.4 Å². The van der Waals surface area contributed by atoms with Crippen molar-refractivity contribution in [2.75, 3.05) is 6.54 Å². The Morgan fingerprint density at radius 1 is 1.24 bits per heavy atom. The molecule has 0 bridgehead atoms. The molecule has 7 nitrogen and oxygen atoms in total. The van der Waals surface area contributed by atoms with Crippen LogP contribution in [-0.2, 0) is 11.0 Å². The SMILES string of the molecule is O=C(O)CN(C(=O)c1ccc(-c2noc(C(F)(F)F)n2)cc1)C1CC1. The third-order valence-corrected chi connectivity index (χ3v) is 3.61. The van der Waals surface area contributed by atoms with Gasteiger partial charge in [0.1, 0.15) is 6.54 Å². The number of carbonyl (C=O) groups is 2. The van der Waals surface area contributed by atoms with E-state index in [1.807, 2.05) is 0 Å². The first-order valence-electron chi connectivity index (χ1n) is 7.30. The number of amides is 1. The summed E-state index contributed by atoms with van der Waals surface area (Å²) in [5.41, 5.74) is 0.475. The fourth-order valence-electron chi connectivity index (χ4n) is 2.28. The fourth-order valence-corrected chi connectivity index (χ4v) is 2.28. The van der Waals surface area contributed by atoms with Crippen LogP contribution in [0.4, 0.5) is 13.2 Å². The summed E-state index contributed by atoms with van der Waals surface area (Å²) in [6.45, 7) is -0.398. The molecule has 2 aromatic rings. The molecule has 10 heteroatoms. The minimum Gasteiger partial charge on any atom is -0.480 e. The summed E-state index contributed by atoms with van der Waals surface area (Å²) in [5, 5.41) is 12.2. The van der Waals surface area contributed by atoms with Crippen LogP contribution in [0.2, 0.25) is 0 Å². The van der Waals surface area contributed by atoms with E-state index >= 15 is 0 Å². The maximum absolute atomic E-state index is 12.5. The van der Waals surface area contributed by atoms with Crippen LogP contribution in [0.1, 0.15) is 29.1 Å². The summed E-state index contributed by atoms with van der Waals surface area (Å²) in [4.78, 5) is 27.8. The van der Waals surface area contributed by atoms with Gasteiger partial charge in [0.15, 0.2) is 0 Å². The number of hydrogen-bond donors (Lipinski definition) is 1. The van der Waals surface area contributed by atoms with Crippen molar-refractivity contribution in [2.45, 2.75) is 25.1 Å². The van der Waals surface area contributed by atoms with Crippen LogP contribution in [-0.4, -0.2) is 44.6 Å². The molecular weight excluding hydrogens is 343 g/mol. The lowest BCUT2D eigenvalue weighted by atomic mass is 10.1. The van der Waals surface area contributed by atoms with Crippen LogP contribution >= 0.6 is 0 Å². The van der Waals surface area contributed by atoms with Crippen LogP contribution in [0.5, 0.6) is 0 Å². The predicted octanol–water partition coefficient (Wildman–Crippen LogP) is 2.44. The molecule has 0 unspecified atom stereocenters. The smallest absolute Gasteiger partial charge is 0.471 e. The molecule has 1 heterocycles. The maximum atomic E-state index is 12.5. The Kier molecular flexibility index (Phi) is 4.19. The van der Waals surface area contributed by atoms with E-state index in [1.54, 1.807) is 0 Å². The first-order valence-corrected chi connectivity index (χ1v) is 7.30. The zero-order valence-corrected chi connectivity index (χ0v) is 12.7. The van der Waals surface area contributed by atoms with Gasteiger partial charge in [0.05, 0.1) is 0 Å². The van der Waals surface area contributed by atoms with Gasteiger partial charge in [-0.05, 0) is 25.0 Å². The standard InChI is InChI=1S/C15H12F3N3O4/c16-15(17,18)14-19-12(20-25-14)8-1-3-9(4-2-8)13(24)21(7-11(22)23)10-5-6-10/h1-4,10H,5-7H2,(H,22,23). The maximum Gasteiger partial charge on any atom is 0.471 e. The number of carbonyl (C=O) groups excluding carboxylic acids is 1. The number of halogens is 3. The second-order valence-electron chi connectivity index (χ2n) is 5.56. The topological polar surface area (TPSA) is 96.5 Å². The molecule has 0 saturated heterocycles. The van der Waals surface area contributed by atoms with Crippen molar-refractivity contribution in [3.63, 3.8) is 0 Å². The lowest BCUT2D eigenvalue weighted by Crippen LogP contribution is -2.37. The molecule has 1 aliphatic rings. The van der Waals surface area contributed by atoms with E-state index < -0.39 is 30.5 Å². The third-order valence-electron chi connectivity index (χ3n) is 3.61. The zero-order valence-electron chi connectivity index (χ0n) is 12.7. The van der Waals surface area contributed by atoms with Gasteiger partial charge >= 0.3 is 18.0 Å². The molecule has 1 saturated carbocycles. The lowest BCUT2D eigenvalue weighted by Gasteiger charge is -2.20. The molecule has 1 N–H and O–H groups in total. The van der Waals surface area contributed by atoms with Gasteiger partial charge in [-0.2, -0.15) is 18.2 Å². The molecule has 0 spiro atoms. The largest absolute Gasteiger partial charge is 0.480 e. The molecule has 1 aromatic carbocycles. The van der Waals surface area contributed by atoms with Gasteiger partial charge in [-0.3, -0.25) is 9.59 Å². The fraction of sp³-hybridized carbons (Fsp3) is 0.333. The summed E-state index contributed by atoms with van der Waals surface area (Å²) in [6, 6.07) is 5.44. The number of aliphatic carboxylic acids is 1. The van der Waals surface area contributed by atoms with E-state index in [0.717, 1.165) is 12.8 Å². The first kappa shape index (κ1) is 16.9. The summed E-state index contributed by atoms with van der Waals surface area (Å²) in [6.07, 6.45) is -3.23. The molecule has 25 heavy (non-hydrogen) atoms. The van der Waals surface area contributed by atoms with Crippen LogP contribution in [0, 0.1) is 0 Å². The third kappa shape index (κ3) is 3.78. The lowest BCUT2D eigenvalue weighted by molar-refractivity contribution is -0.159. The van der Waals surface area contributed by atoms with E-state index in [4.69, 9.17) is 5.11 Å². The minimum atomic E-state index is -4.73. The second-order valence-corrected chi connectivity index (χ2v) is 5.56. The average Bonchev–Trinajstić information content (AvgIpc) is 3.26. The highest BCUT2D eigenvalue weighted by atomic mass is 19.4. The van der Waals surface area contributed by atoms with Gasteiger partial charge in [-0.15, -0.1) is 0 Å². The van der Waals surface area contributed by atoms with E-state index in [2.05, 4.69) is 14.7 Å². The molecule has 1 aromatic heterocycles. The Labute approximate surface area is 139 Å². The van der Waals surface area contributed by atoms with Crippen molar-refractivity contribution >= 4 is 11.9 Å². The van der Waals surface area contributed by atoms with Crippen molar-refractivity contribution in [3.05, 3.63) is 35.7 Å². The Hall–Kier alpha value is -2.91. The van der Waals surface area contributed by atoms with E-state index in [9.17, 15) is 22.8 Å². The number of hydrogen-bond acceptors (Lipinski definition) is 5. The summed E-state index contributed by atoms with van der Waals surface area (Å²) >= 11 is 0. The average molecular weight is 355 g/mol. The Morgan fingerprint density at radius 3 is 2.36 bits per heavy atom. The number of benzene rings is 1. The molecule has 0 radical (unpaired) electrons. The van der Waals surface area contributed by atoms with E-state index in [-0.39, 0.29) is 23.0 Å². The molecule has 132 valence electrons. The first-order chi connectivity index (χ1) is 11.8. The number of carboxylic acid groups (broad SMARTS) is 1. The van der Waals surface area contributed by atoms with Gasteiger partial charge in [0.25, 0.3) is 5.91 Å². The number of nitrogens with zero attached hydrogens (tertiary/aromatic N) is 3. The minimum absolute atomic E-state index is 0.0881. The van der Waals surface area contributed by atoms with Gasteiger partial charge in [0, 0.05) is 17.2 Å². The molecule has 0 atom stereocenters. The number of rotatable bonds is 5. The highest BCUT2D eigenvalue weighted by Gasteiger charge is 2.38. The van der Waals surface area contributed by atoms with Crippen molar-refractivity contribution in [1.82, 2.24) is 15.0 Å². The van der Waals surface area contributed by atoms with E-state index in [1.165, 1.54) is 29.2 Å². The van der Waals surface area contributed by atoms with Crippen LogP contribution in [0.3, 0.4) is 0 Å². The molecule has 0 aliphatic heterocycles. The van der Waals surface area contributed by atoms with Gasteiger partial charge in [0.2, 0.25) is 5.82 Å². The van der Waals surface area contributed by atoms with Crippen molar-refractivity contribution in [2.24, 2.45) is 0 Å². The Morgan fingerprint density at radius 2 is 1.88 bits per heavy atom. The zero-order chi connectivity index (χ0) is 18.2. The highest BCUT2D eigenvalue weighted by Crippen LogP contribution is 2.30. The predicted molar refractivity (Wildman–Crippen MR) is 76.4 cm³/mol. The number of aromatic nitrogens is 2. The summed E-state index contributed by atoms with van der Waals surface area (Å²) in [5.74, 6) is -3.26.